The second-order valence-electron chi connectivity index (χ2n) is 4.82. The van der Waals surface area contributed by atoms with Crippen LogP contribution in [0.1, 0.15) is 17.0 Å². The van der Waals surface area contributed by atoms with Gasteiger partial charge < -0.3 is 5.73 Å². The highest BCUT2D eigenvalue weighted by Gasteiger charge is 2.45. The summed E-state index contributed by atoms with van der Waals surface area (Å²) in [6.07, 6.45) is -1.64. The minimum Gasteiger partial charge on any atom is -0.327 e. The van der Waals surface area contributed by atoms with Crippen LogP contribution in [0.5, 0.6) is 0 Å². The first-order valence-electron chi connectivity index (χ1n) is 6.22. The molecular weight excluding hydrogens is 267 g/mol. The van der Waals surface area contributed by atoms with Gasteiger partial charge in [-0.25, -0.2) is 0 Å². The highest BCUT2D eigenvalue weighted by atomic mass is 19.4. The molecular formula is C14H16F3N3. The number of nitrogens with zero attached hydrogens (tertiary/aromatic N) is 2. The summed E-state index contributed by atoms with van der Waals surface area (Å²) in [5.74, 6) is -1.71. The molecule has 1 aromatic heterocycles. The van der Waals surface area contributed by atoms with Crippen LogP contribution in [0.15, 0.2) is 42.7 Å². The first-order chi connectivity index (χ1) is 9.38. The molecule has 2 aromatic rings. The molecule has 0 bridgehead atoms. The zero-order valence-corrected chi connectivity index (χ0v) is 11.0. The Morgan fingerprint density at radius 1 is 1.25 bits per heavy atom. The summed E-state index contributed by atoms with van der Waals surface area (Å²) in [6, 6.07) is 7.90. The summed E-state index contributed by atoms with van der Waals surface area (Å²) in [7, 11) is 1.58. The van der Waals surface area contributed by atoms with Crippen molar-refractivity contribution in [3.8, 4) is 0 Å². The van der Waals surface area contributed by atoms with Crippen LogP contribution in [0.25, 0.3) is 0 Å². The molecule has 2 rings (SSSR count). The Balaban J connectivity index is 2.23. The molecule has 1 heterocycles. The number of rotatable bonds is 4. The van der Waals surface area contributed by atoms with Gasteiger partial charge in [0.05, 0.1) is 12.1 Å². The molecule has 0 saturated heterocycles. The van der Waals surface area contributed by atoms with Gasteiger partial charge in [0.2, 0.25) is 0 Å². The second kappa shape index (κ2) is 5.66. The van der Waals surface area contributed by atoms with Crippen LogP contribution in [-0.4, -0.2) is 22.0 Å². The van der Waals surface area contributed by atoms with Crippen LogP contribution in [0.2, 0.25) is 0 Å². The number of halogens is 3. The normalized spacial score (nSPS) is 15.1. The number of nitrogens with two attached hydrogens (primary N) is 1. The number of benzene rings is 1. The van der Waals surface area contributed by atoms with E-state index in [1.807, 2.05) is 6.07 Å². The van der Waals surface area contributed by atoms with Crippen LogP contribution in [0.4, 0.5) is 13.2 Å². The Hall–Kier alpha value is -1.82. The minimum absolute atomic E-state index is 0.100. The van der Waals surface area contributed by atoms with E-state index in [4.69, 9.17) is 5.73 Å². The molecule has 20 heavy (non-hydrogen) atoms. The Labute approximate surface area is 115 Å². The molecule has 108 valence electrons. The van der Waals surface area contributed by atoms with Gasteiger partial charge in [-0.05, 0) is 12.0 Å². The van der Waals surface area contributed by atoms with Crippen molar-refractivity contribution in [3.05, 3.63) is 53.9 Å². The smallest absolute Gasteiger partial charge is 0.327 e. The van der Waals surface area contributed by atoms with Gasteiger partial charge in [-0.3, -0.25) is 4.68 Å². The first kappa shape index (κ1) is 14.6. The summed E-state index contributed by atoms with van der Waals surface area (Å²) in [5.41, 5.74) is 6.71. The van der Waals surface area contributed by atoms with Gasteiger partial charge in [-0.2, -0.15) is 18.3 Å². The van der Waals surface area contributed by atoms with Crippen molar-refractivity contribution in [1.82, 2.24) is 9.78 Å². The average Bonchev–Trinajstić information content (AvgIpc) is 2.75. The predicted octanol–water partition coefficient (Wildman–Crippen LogP) is 2.64. The van der Waals surface area contributed by atoms with E-state index in [-0.39, 0.29) is 12.0 Å². The molecule has 0 radical (unpaired) electrons. The van der Waals surface area contributed by atoms with Gasteiger partial charge in [0.15, 0.2) is 0 Å². The zero-order valence-electron chi connectivity index (χ0n) is 11.0. The molecule has 0 fully saturated rings. The Morgan fingerprint density at radius 2 is 1.90 bits per heavy atom. The summed E-state index contributed by atoms with van der Waals surface area (Å²) < 4.78 is 41.1. The summed E-state index contributed by atoms with van der Waals surface area (Å²) in [6.45, 7) is 0. The summed E-state index contributed by atoms with van der Waals surface area (Å²) in [4.78, 5) is 0. The maximum atomic E-state index is 13.3. The Kier molecular flexibility index (Phi) is 4.13. The topological polar surface area (TPSA) is 43.8 Å². The Bertz CT molecular complexity index is 548. The lowest BCUT2D eigenvalue weighted by Crippen LogP contribution is -2.39. The SMILES string of the molecule is Cn1cc(C(C(N)Cc2ccccc2)C(F)(F)F)cn1. The van der Waals surface area contributed by atoms with E-state index in [0.29, 0.717) is 0 Å². The van der Waals surface area contributed by atoms with E-state index in [1.165, 1.54) is 17.1 Å². The molecule has 0 aliphatic rings. The molecule has 0 saturated carbocycles. The van der Waals surface area contributed by atoms with Gasteiger partial charge in [0.1, 0.15) is 0 Å². The lowest BCUT2D eigenvalue weighted by Gasteiger charge is -2.25. The van der Waals surface area contributed by atoms with Crippen molar-refractivity contribution in [2.75, 3.05) is 0 Å². The van der Waals surface area contributed by atoms with Crippen molar-refractivity contribution in [1.29, 1.82) is 0 Å². The summed E-state index contributed by atoms with van der Waals surface area (Å²) in [5, 5.41) is 3.80. The third kappa shape index (κ3) is 3.39. The van der Waals surface area contributed by atoms with E-state index < -0.39 is 18.1 Å². The van der Waals surface area contributed by atoms with Gasteiger partial charge in [-0.15, -0.1) is 0 Å². The third-order valence-corrected chi connectivity index (χ3v) is 3.18. The number of hydrogen-bond donors (Lipinski definition) is 1. The van der Waals surface area contributed by atoms with E-state index in [9.17, 15) is 13.2 Å². The maximum Gasteiger partial charge on any atom is 0.397 e. The Morgan fingerprint density at radius 3 is 2.40 bits per heavy atom. The van der Waals surface area contributed by atoms with Crippen molar-refractivity contribution in [3.63, 3.8) is 0 Å². The molecule has 0 aliphatic carbocycles. The van der Waals surface area contributed by atoms with Gasteiger partial charge >= 0.3 is 6.18 Å². The van der Waals surface area contributed by atoms with Crippen LogP contribution < -0.4 is 5.73 Å². The molecule has 2 atom stereocenters. The highest BCUT2D eigenvalue weighted by Crippen LogP contribution is 2.37. The second-order valence-corrected chi connectivity index (χ2v) is 4.82. The standard InChI is InChI=1S/C14H16F3N3/c1-20-9-11(8-19-20)13(14(15,16)17)12(18)7-10-5-3-2-4-6-10/h2-6,8-9,12-13H,7,18H2,1H3. The summed E-state index contributed by atoms with van der Waals surface area (Å²) >= 11 is 0. The van der Waals surface area contributed by atoms with E-state index >= 15 is 0 Å². The first-order valence-corrected chi connectivity index (χ1v) is 6.22. The maximum absolute atomic E-state index is 13.3. The lowest BCUT2D eigenvalue weighted by molar-refractivity contribution is -0.155. The van der Waals surface area contributed by atoms with Crippen LogP contribution >= 0.6 is 0 Å². The third-order valence-electron chi connectivity index (χ3n) is 3.18. The van der Waals surface area contributed by atoms with Crippen LogP contribution in [0.3, 0.4) is 0 Å². The fourth-order valence-electron chi connectivity index (χ4n) is 2.28. The molecule has 2 unspecified atom stereocenters. The molecule has 0 amide bonds. The number of alkyl halides is 3. The molecule has 1 aromatic carbocycles. The number of aryl methyl sites for hydroxylation is 1. The van der Waals surface area contributed by atoms with Gasteiger partial charge in [-0.1, -0.05) is 30.3 Å². The number of hydrogen-bond acceptors (Lipinski definition) is 2. The highest BCUT2D eigenvalue weighted by molar-refractivity contribution is 5.21. The zero-order chi connectivity index (χ0) is 14.8. The van der Waals surface area contributed by atoms with Crippen molar-refractivity contribution in [2.45, 2.75) is 24.6 Å². The monoisotopic (exact) mass is 283 g/mol. The molecule has 2 N–H and O–H groups in total. The van der Waals surface area contributed by atoms with Crippen LogP contribution in [0, 0.1) is 0 Å². The number of aromatic nitrogens is 2. The minimum atomic E-state index is -4.39. The molecule has 3 nitrogen and oxygen atoms in total. The van der Waals surface area contributed by atoms with Crippen molar-refractivity contribution in [2.24, 2.45) is 12.8 Å². The fourth-order valence-corrected chi connectivity index (χ4v) is 2.28. The lowest BCUT2D eigenvalue weighted by atomic mass is 9.89. The fraction of sp³-hybridized carbons (Fsp3) is 0.357. The van der Waals surface area contributed by atoms with Gasteiger partial charge in [0.25, 0.3) is 0 Å². The molecule has 0 spiro atoms. The van der Waals surface area contributed by atoms with E-state index in [1.54, 1.807) is 31.3 Å². The van der Waals surface area contributed by atoms with Gasteiger partial charge in [0, 0.05) is 24.8 Å². The van der Waals surface area contributed by atoms with Crippen LogP contribution in [-0.2, 0) is 13.5 Å². The molecule has 0 aliphatic heterocycles. The van der Waals surface area contributed by atoms with E-state index in [0.717, 1.165) is 5.56 Å². The van der Waals surface area contributed by atoms with E-state index in [2.05, 4.69) is 5.10 Å². The largest absolute Gasteiger partial charge is 0.397 e. The van der Waals surface area contributed by atoms with Crippen molar-refractivity contribution >= 4 is 0 Å². The quantitative estimate of drug-likeness (QED) is 0.937. The predicted molar refractivity (Wildman–Crippen MR) is 70.1 cm³/mol. The average molecular weight is 283 g/mol. The van der Waals surface area contributed by atoms with Crippen molar-refractivity contribution < 1.29 is 13.2 Å². The molecule has 6 heteroatoms.